The molecule has 0 atom stereocenters. The van der Waals surface area contributed by atoms with Gasteiger partial charge in [-0.15, -0.1) is 0 Å². The standard InChI is InChI=1S/C20H28N4O3/c1-2-26-12-8-23-20(25)18(16-21)15-17-3-5-19(6-4-17)22-7-9-24-10-13-27-14-11-24/h3-6,15,22H,2,7-14H2,1H3,(H,23,25)/b18-15+. The monoisotopic (exact) mass is 372 g/mol. The molecule has 2 rings (SSSR count). The second-order valence-electron chi connectivity index (χ2n) is 6.13. The lowest BCUT2D eigenvalue weighted by Crippen LogP contribution is -2.38. The van der Waals surface area contributed by atoms with Crippen molar-refractivity contribution in [3.8, 4) is 6.07 Å². The van der Waals surface area contributed by atoms with E-state index in [2.05, 4.69) is 15.5 Å². The quantitative estimate of drug-likeness (QED) is 0.368. The number of hydrogen-bond acceptors (Lipinski definition) is 6. The highest BCUT2D eigenvalue weighted by atomic mass is 16.5. The van der Waals surface area contributed by atoms with E-state index in [-0.39, 0.29) is 11.5 Å². The summed E-state index contributed by atoms with van der Waals surface area (Å²) in [6.45, 7) is 8.73. The molecule has 0 spiro atoms. The van der Waals surface area contributed by atoms with Gasteiger partial charge in [0.05, 0.1) is 19.8 Å². The fourth-order valence-corrected chi connectivity index (χ4v) is 2.67. The molecule has 27 heavy (non-hydrogen) atoms. The number of nitrogens with one attached hydrogen (secondary N) is 2. The second-order valence-corrected chi connectivity index (χ2v) is 6.13. The molecule has 7 nitrogen and oxygen atoms in total. The molecule has 0 saturated carbocycles. The maximum absolute atomic E-state index is 12.0. The van der Waals surface area contributed by atoms with Crippen LogP contribution in [0.2, 0.25) is 0 Å². The Balaban J connectivity index is 1.80. The summed E-state index contributed by atoms with van der Waals surface area (Å²) in [6.07, 6.45) is 1.59. The Morgan fingerprint density at radius 1 is 1.30 bits per heavy atom. The number of carbonyl (C=O) groups excluding carboxylic acids is 1. The topological polar surface area (TPSA) is 86.6 Å². The highest BCUT2D eigenvalue weighted by molar-refractivity contribution is 6.01. The molecule has 146 valence electrons. The minimum atomic E-state index is -0.384. The maximum atomic E-state index is 12.0. The first kappa shape index (κ1) is 20.9. The molecule has 1 saturated heterocycles. The van der Waals surface area contributed by atoms with Gasteiger partial charge in [-0.1, -0.05) is 12.1 Å². The number of carbonyl (C=O) groups is 1. The number of ether oxygens (including phenoxy) is 2. The van der Waals surface area contributed by atoms with Crippen LogP contribution in [0.3, 0.4) is 0 Å². The fraction of sp³-hybridized carbons (Fsp3) is 0.500. The number of nitrogens with zero attached hydrogens (tertiary/aromatic N) is 2. The van der Waals surface area contributed by atoms with Gasteiger partial charge in [0.15, 0.2) is 0 Å². The molecule has 2 N–H and O–H groups in total. The van der Waals surface area contributed by atoms with Crippen molar-refractivity contribution in [1.82, 2.24) is 10.2 Å². The predicted octanol–water partition coefficient (Wildman–Crippen LogP) is 1.49. The minimum absolute atomic E-state index is 0.0829. The predicted molar refractivity (Wildman–Crippen MR) is 105 cm³/mol. The first-order valence-corrected chi connectivity index (χ1v) is 9.34. The van der Waals surface area contributed by atoms with Crippen molar-refractivity contribution in [2.75, 3.05) is 64.5 Å². The fourth-order valence-electron chi connectivity index (χ4n) is 2.67. The minimum Gasteiger partial charge on any atom is -0.384 e. The summed E-state index contributed by atoms with van der Waals surface area (Å²) < 4.78 is 10.5. The van der Waals surface area contributed by atoms with E-state index in [1.165, 1.54) is 0 Å². The number of benzene rings is 1. The van der Waals surface area contributed by atoms with Gasteiger partial charge in [0, 0.05) is 45.0 Å². The van der Waals surface area contributed by atoms with Gasteiger partial charge in [0.2, 0.25) is 0 Å². The summed E-state index contributed by atoms with van der Waals surface area (Å²) >= 11 is 0. The van der Waals surface area contributed by atoms with Crippen molar-refractivity contribution in [1.29, 1.82) is 5.26 Å². The van der Waals surface area contributed by atoms with Crippen LogP contribution >= 0.6 is 0 Å². The van der Waals surface area contributed by atoms with Gasteiger partial charge in [-0.25, -0.2) is 0 Å². The molecular weight excluding hydrogens is 344 g/mol. The Kier molecular flexibility index (Phi) is 9.35. The summed E-state index contributed by atoms with van der Waals surface area (Å²) in [6, 6.07) is 9.64. The highest BCUT2D eigenvalue weighted by Gasteiger charge is 2.10. The van der Waals surface area contributed by atoms with E-state index >= 15 is 0 Å². The zero-order chi connectivity index (χ0) is 19.3. The molecule has 0 aromatic heterocycles. The molecule has 1 aliphatic rings. The van der Waals surface area contributed by atoms with Crippen LogP contribution in [0, 0.1) is 11.3 Å². The molecule has 0 bridgehead atoms. The average Bonchev–Trinajstić information content (AvgIpc) is 2.71. The van der Waals surface area contributed by atoms with Crippen LogP contribution in [0.5, 0.6) is 0 Å². The summed E-state index contributed by atoms with van der Waals surface area (Å²) in [7, 11) is 0. The van der Waals surface area contributed by atoms with Crippen molar-refractivity contribution in [3.05, 3.63) is 35.4 Å². The first-order valence-electron chi connectivity index (χ1n) is 9.34. The van der Waals surface area contributed by atoms with Crippen LogP contribution in [-0.2, 0) is 14.3 Å². The largest absolute Gasteiger partial charge is 0.384 e. The smallest absolute Gasteiger partial charge is 0.262 e. The van der Waals surface area contributed by atoms with Gasteiger partial charge in [0.25, 0.3) is 5.91 Å². The third kappa shape index (κ3) is 7.79. The molecule has 0 aliphatic carbocycles. The second kappa shape index (κ2) is 12.1. The summed E-state index contributed by atoms with van der Waals surface area (Å²) in [5, 5.41) is 15.3. The zero-order valence-corrected chi connectivity index (χ0v) is 15.9. The van der Waals surface area contributed by atoms with Crippen molar-refractivity contribution < 1.29 is 14.3 Å². The molecule has 7 heteroatoms. The molecule has 1 aromatic carbocycles. The van der Waals surface area contributed by atoms with Crippen molar-refractivity contribution in [3.63, 3.8) is 0 Å². The number of rotatable bonds is 10. The van der Waals surface area contributed by atoms with Crippen LogP contribution in [0.1, 0.15) is 12.5 Å². The van der Waals surface area contributed by atoms with E-state index in [1.807, 2.05) is 37.3 Å². The molecule has 1 heterocycles. The lowest BCUT2D eigenvalue weighted by atomic mass is 10.1. The summed E-state index contributed by atoms with van der Waals surface area (Å²) in [5.41, 5.74) is 1.91. The van der Waals surface area contributed by atoms with E-state index in [1.54, 1.807) is 6.08 Å². The number of anilines is 1. The third-order valence-electron chi connectivity index (χ3n) is 4.18. The van der Waals surface area contributed by atoms with Crippen LogP contribution < -0.4 is 10.6 Å². The average molecular weight is 372 g/mol. The molecule has 0 radical (unpaired) electrons. The van der Waals surface area contributed by atoms with Crippen LogP contribution in [-0.4, -0.2) is 70.0 Å². The SMILES string of the molecule is CCOCCNC(=O)/C(C#N)=C/c1ccc(NCCN2CCOCC2)cc1. The zero-order valence-electron chi connectivity index (χ0n) is 15.9. The van der Waals surface area contributed by atoms with Gasteiger partial charge in [0.1, 0.15) is 11.6 Å². The Labute approximate surface area is 160 Å². The highest BCUT2D eigenvalue weighted by Crippen LogP contribution is 2.12. The first-order chi connectivity index (χ1) is 13.2. The van der Waals surface area contributed by atoms with Crippen molar-refractivity contribution >= 4 is 17.7 Å². The van der Waals surface area contributed by atoms with E-state index in [4.69, 9.17) is 9.47 Å². The molecule has 1 amide bonds. The lowest BCUT2D eigenvalue weighted by Gasteiger charge is -2.26. The van der Waals surface area contributed by atoms with Gasteiger partial charge >= 0.3 is 0 Å². The number of nitriles is 1. The Bertz CT molecular complexity index is 646. The Hall–Kier alpha value is -2.40. The molecular formula is C20H28N4O3. The molecule has 1 aliphatic heterocycles. The van der Waals surface area contributed by atoms with Crippen molar-refractivity contribution in [2.24, 2.45) is 0 Å². The maximum Gasteiger partial charge on any atom is 0.262 e. The van der Waals surface area contributed by atoms with E-state index in [0.717, 1.165) is 50.6 Å². The van der Waals surface area contributed by atoms with Crippen molar-refractivity contribution in [2.45, 2.75) is 6.92 Å². The van der Waals surface area contributed by atoms with Crippen LogP contribution in [0.15, 0.2) is 29.8 Å². The molecule has 0 unspecified atom stereocenters. The van der Waals surface area contributed by atoms with E-state index in [9.17, 15) is 10.1 Å². The van der Waals surface area contributed by atoms with E-state index < -0.39 is 0 Å². The van der Waals surface area contributed by atoms with Gasteiger partial charge in [-0.3, -0.25) is 9.69 Å². The summed E-state index contributed by atoms with van der Waals surface area (Å²) in [5.74, 6) is -0.384. The van der Waals surface area contributed by atoms with Gasteiger partial charge < -0.3 is 20.1 Å². The molecule has 1 aromatic rings. The van der Waals surface area contributed by atoms with E-state index in [0.29, 0.717) is 19.8 Å². The van der Waals surface area contributed by atoms with Crippen LogP contribution in [0.4, 0.5) is 5.69 Å². The van der Waals surface area contributed by atoms with Crippen LogP contribution in [0.25, 0.3) is 6.08 Å². The number of morpholine rings is 1. The lowest BCUT2D eigenvalue weighted by molar-refractivity contribution is -0.117. The number of amides is 1. The normalized spacial score (nSPS) is 15.2. The Morgan fingerprint density at radius 2 is 2.04 bits per heavy atom. The number of hydrogen-bond donors (Lipinski definition) is 2. The third-order valence-corrected chi connectivity index (χ3v) is 4.18. The van der Waals surface area contributed by atoms with Gasteiger partial charge in [-0.05, 0) is 30.7 Å². The molecule has 1 fully saturated rings. The summed E-state index contributed by atoms with van der Waals surface area (Å²) in [4.78, 5) is 14.4. The Morgan fingerprint density at radius 3 is 2.70 bits per heavy atom. The van der Waals surface area contributed by atoms with Gasteiger partial charge in [-0.2, -0.15) is 5.26 Å².